The highest BCUT2D eigenvalue weighted by molar-refractivity contribution is 8.26. The van der Waals surface area contributed by atoms with Gasteiger partial charge in [-0.15, -0.1) is 0 Å². The number of esters is 4. The molecule has 0 atom stereocenters. The molecule has 4 rings (SSSR count). The third-order valence-electron chi connectivity index (χ3n) is 7.15. The Bertz CT molecular complexity index is 1540. The molecule has 0 aromatic heterocycles. The molecule has 0 radical (unpaired) electrons. The van der Waals surface area contributed by atoms with Crippen LogP contribution in [0.5, 0.6) is 0 Å². The van der Waals surface area contributed by atoms with Gasteiger partial charge in [-0.1, -0.05) is 41.9 Å². The monoisotopic (exact) mass is 631 g/mol. The maximum atomic E-state index is 13.7. The summed E-state index contributed by atoms with van der Waals surface area (Å²) < 4.78 is 18.7. The van der Waals surface area contributed by atoms with Gasteiger partial charge in [-0.25, -0.2) is 19.2 Å². The third-order valence-corrected chi connectivity index (χ3v) is 11.8. The van der Waals surface area contributed by atoms with Gasteiger partial charge in [0.15, 0.2) is 0 Å². The highest BCUT2D eigenvalue weighted by Gasteiger charge is 2.61. The Morgan fingerprint density at radius 1 is 0.786 bits per heavy atom. The van der Waals surface area contributed by atoms with Crippen molar-refractivity contribution in [1.29, 1.82) is 0 Å². The Labute approximate surface area is 255 Å². The van der Waals surface area contributed by atoms with E-state index in [0.717, 1.165) is 46.4 Å². The van der Waals surface area contributed by atoms with Crippen molar-refractivity contribution in [2.24, 2.45) is 0 Å². The molecule has 13 heteroatoms. The molecule has 1 aromatic rings. The summed E-state index contributed by atoms with van der Waals surface area (Å²) in [6, 6.07) is 3.75. The number of fused-ring (bicyclic) bond motifs is 3. The number of amides is 1. The predicted octanol–water partition coefficient (Wildman–Crippen LogP) is 4.41. The number of benzene rings is 1. The number of methoxy groups -OCH3 is 4. The normalized spacial score (nSPS) is 18.3. The lowest BCUT2D eigenvalue weighted by atomic mass is 9.82. The number of hydrogen-bond acceptors (Lipinski definition) is 12. The SMILES string of the molecule is C=CC(=O)N1c2cc(C)c(C)cc2C2=C(SC(C(=O)OC)=C(C(=O)OC)C23SC(C(=O)OC)=C(C(=O)OC)S3)C1(C)C. The summed E-state index contributed by atoms with van der Waals surface area (Å²) in [7, 11) is 4.68. The summed E-state index contributed by atoms with van der Waals surface area (Å²) in [6.07, 6.45) is 1.21. The van der Waals surface area contributed by atoms with E-state index in [1.807, 2.05) is 26.0 Å². The van der Waals surface area contributed by atoms with E-state index < -0.39 is 33.5 Å². The second kappa shape index (κ2) is 11.3. The van der Waals surface area contributed by atoms with Crippen LogP contribution in [0.15, 0.2) is 50.0 Å². The van der Waals surface area contributed by atoms with Crippen LogP contribution in [0.2, 0.25) is 0 Å². The molecular weight excluding hydrogens is 603 g/mol. The van der Waals surface area contributed by atoms with Gasteiger partial charge in [0.25, 0.3) is 5.91 Å². The summed E-state index contributed by atoms with van der Waals surface area (Å²) in [5.41, 5.74) is 2.18. The molecule has 0 saturated heterocycles. The molecule has 0 N–H and O–H groups in total. The first-order valence-electron chi connectivity index (χ1n) is 12.5. The van der Waals surface area contributed by atoms with E-state index in [1.54, 1.807) is 18.7 Å². The first-order valence-corrected chi connectivity index (χ1v) is 14.9. The number of ether oxygens (including phenoxy) is 4. The summed E-state index contributed by atoms with van der Waals surface area (Å²) >= 11 is 2.75. The molecule has 42 heavy (non-hydrogen) atoms. The lowest BCUT2D eigenvalue weighted by Crippen LogP contribution is -2.53. The molecule has 1 aromatic carbocycles. The molecule has 1 spiro atoms. The van der Waals surface area contributed by atoms with E-state index in [9.17, 15) is 24.0 Å². The molecule has 222 valence electrons. The van der Waals surface area contributed by atoms with Gasteiger partial charge in [0, 0.05) is 16.0 Å². The minimum Gasteiger partial charge on any atom is -0.466 e. The Morgan fingerprint density at radius 3 is 1.74 bits per heavy atom. The summed E-state index contributed by atoms with van der Waals surface area (Å²) in [5, 5.41) is 0. The summed E-state index contributed by atoms with van der Waals surface area (Å²) in [4.78, 5) is 68.4. The van der Waals surface area contributed by atoms with Crippen LogP contribution < -0.4 is 4.90 Å². The van der Waals surface area contributed by atoms with Gasteiger partial charge < -0.3 is 18.9 Å². The zero-order valence-electron chi connectivity index (χ0n) is 24.3. The smallest absolute Gasteiger partial charge is 0.345 e. The minimum absolute atomic E-state index is 0.105. The van der Waals surface area contributed by atoms with Crippen LogP contribution in [0, 0.1) is 13.8 Å². The highest BCUT2D eigenvalue weighted by Crippen LogP contribution is 2.71. The van der Waals surface area contributed by atoms with Crippen LogP contribution in [0.25, 0.3) is 5.57 Å². The maximum Gasteiger partial charge on any atom is 0.345 e. The fourth-order valence-corrected chi connectivity index (χ4v) is 10.1. The maximum absolute atomic E-state index is 13.7. The lowest BCUT2D eigenvalue weighted by molar-refractivity contribution is -0.138. The zero-order valence-corrected chi connectivity index (χ0v) is 26.7. The zero-order chi connectivity index (χ0) is 31.3. The molecule has 0 bridgehead atoms. The first-order chi connectivity index (χ1) is 19.7. The lowest BCUT2D eigenvalue weighted by Gasteiger charge is -2.50. The second-order valence-corrected chi connectivity index (χ2v) is 13.6. The molecule has 1 amide bonds. The average Bonchev–Trinajstić information content (AvgIpc) is 3.36. The van der Waals surface area contributed by atoms with Crippen LogP contribution in [-0.2, 0) is 42.9 Å². The number of rotatable bonds is 5. The molecule has 0 aliphatic carbocycles. The van der Waals surface area contributed by atoms with Crippen LogP contribution in [-0.4, -0.2) is 67.8 Å². The minimum atomic E-state index is -1.62. The number of thioether (sulfide) groups is 3. The van der Waals surface area contributed by atoms with Gasteiger partial charge in [0.1, 0.15) is 18.8 Å². The van der Waals surface area contributed by atoms with Gasteiger partial charge >= 0.3 is 23.9 Å². The van der Waals surface area contributed by atoms with Crippen LogP contribution in [0.1, 0.15) is 30.5 Å². The standard InChI is InChI=1S/C29H29NO9S3/c1-10-17(31)30-16-12-14(3)13(2)11-15(16)18-23(28(30,4)5)40-20(25(33)37-7)19(24(32)36-6)29(18)41-21(26(34)38-8)22(42-29)27(35)39-9/h10-12H,1H2,2-9H3. The van der Waals surface area contributed by atoms with Crippen molar-refractivity contribution in [3.05, 3.63) is 66.7 Å². The van der Waals surface area contributed by atoms with Crippen LogP contribution in [0.4, 0.5) is 5.69 Å². The van der Waals surface area contributed by atoms with E-state index in [4.69, 9.17) is 18.9 Å². The number of carbonyl (C=O) groups excluding carboxylic acids is 5. The molecule has 3 heterocycles. The van der Waals surface area contributed by atoms with Crippen molar-refractivity contribution in [1.82, 2.24) is 0 Å². The van der Waals surface area contributed by atoms with E-state index in [1.165, 1.54) is 34.5 Å². The molecule has 10 nitrogen and oxygen atoms in total. The average molecular weight is 632 g/mol. The van der Waals surface area contributed by atoms with Crippen LogP contribution >= 0.6 is 35.3 Å². The Morgan fingerprint density at radius 2 is 1.26 bits per heavy atom. The number of nitrogens with zero attached hydrogens (tertiary/aromatic N) is 1. The topological polar surface area (TPSA) is 126 Å². The van der Waals surface area contributed by atoms with E-state index in [-0.39, 0.29) is 26.2 Å². The van der Waals surface area contributed by atoms with Crippen molar-refractivity contribution < 1.29 is 42.9 Å². The molecule has 0 fully saturated rings. The molecular formula is C29H29NO9S3. The van der Waals surface area contributed by atoms with Crippen LogP contribution in [0.3, 0.4) is 0 Å². The van der Waals surface area contributed by atoms with Gasteiger partial charge in [-0.3, -0.25) is 9.69 Å². The Balaban J connectivity index is 2.22. The second-order valence-electron chi connectivity index (χ2n) is 9.85. The molecule has 3 aliphatic rings. The largest absolute Gasteiger partial charge is 0.466 e. The Kier molecular flexibility index (Phi) is 8.51. The number of carbonyl (C=O) groups is 5. The highest BCUT2D eigenvalue weighted by atomic mass is 32.2. The van der Waals surface area contributed by atoms with Crippen molar-refractivity contribution in [2.45, 2.75) is 37.3 Å². The number of aryl methyl sites for hydroxylation is 2. The summed E-state index contributed by atoms with van der Waals surface area (Å²) in [6.45, 7) is 11.1. The van der Waals surface area contributed by atoms with Gasteiger partial charge in [0.05, 0.1) is 45.2 Å². The van der Waals surface area contributed by atoms with Crippen molar-refractivity contribution in [2.75, 3.05) is 33.3 Å². The van der Waals surface area contributed by atoms with E-state index >= 15 is 0 Å². The molecule has 3 aliphatic heterocycles. The number of anilines is 1. The quantitative estimate of drug-likeness (QED) is 0.260. The molecule has 0 saturated carbocycles. The van der Waals surface area contributed by atoms with E-state index in [0.29, 0.717) is 21.7 Å². The van der Waals surface area contributed by atoms with Crippen molar-refractivity contribution >= 4 is 76.3 Å². The van der Waals surface area contributed by atoms with Crippen molar-refractivity contribution in [3.8, 4) is 0 Å². The first kappa shape index (κ1) is 31.5. The Hall–Kier alpha value is -3.42. The van der Waals surface area contributed by atoms with E-state index in [2.05, 4.69) is 6.58 Å². The van der Waals surface area contributed by atoms with Crippen molar-refractivity contribution in [3.63, 3.8) is 0 Å². The third kappa shape index (κ3) is 4.58. The van der Waals surface area contributed by atoms with Gasteiger partial charge in [-0.05, 0) is 57.0 Å². The van der Waals surface area contributed by atoms with Gasteiger partial charge in [0.2, 0.25) is 0 Å². The summed E-state index contributed by atoms with van der Waals surface area (Å²) in [5.74, 6) is -3.73. The number of hydrogen-bond donors (Lipinski definition) is 0. The predicted molar refractivity (Wildman–Crippen MR) is 162 cm³/mol. The fraction of sp³-hybridized carbons (Fsp3) is 0.345. The van der Waals surface area contributed by atoms with Gasteiger partial charge in [-0.2, -0.15) is 0 Å². The molecule has 0 unspecified atom stereocenters. The fourth-order valence-electron chi connectivity index (χ4n) is 5.06.